The Kier molecular flexibility index (Phi) is 4.68. The highest BCUT2D eigenvalue weighted by Gasteiger charge is 2.37. The molecule has 0 spiro atoms. The van der Waals surface area contributed by atoms with Gasteiger partial charge in [-0.25, -0.2) is 4.90 Å². The molecule has 1 fully saturated rings. The Hall–Kier alpha value is -2.70. The fourth-order valence-corrected chi connectivity index (χ4v) is 3.53. The third-order valence-corrected chi connectivity index (χ3v) is 4.96. The maximum absolute atomic E-state index is 12.8. The number of benzene rings is 2. The number of rotatable bonds is 4. The molecule has 27 heavy (non-hydrogen) atoms. The Labute approximate surface area is 161 Å². The number of fused-ring (bicyclic) bond motifs is 1. The van der Waals surface area contributed by atoms with Crippen LogP contribution in [0.1, 0.15) is 43.9 Å². The quantitative estimate of drug-likeness (QED) is 0.822. The van der Waals surface area contributed by atoms with Gasteiger partial charge in [0, 0.05) is 23.7 Å². The summed E-state index contributed by atoms with van der Waals surface area (Å²) in [5.41, 5.74) is 1.22. The lowest BCUT2D eigenvalue weighted by Crippen LogP contribution is -2.31. The standard InChI is InChI=1S/C20H17ClN2O4/c21-13-3-1-4-14(10-13)23-19(25)16-7-6-12(9-17(16)20(23)26)18(24)22-11-15-5-2-8-27-15/h1,3-4,6-7,9-10,15H,2,5,8,11H2,(H,22,24)/t15-/m1/s1. The van der Waals surface area contributed by atoms with E-state index < -0.39 is 11.8 Å². The third kappa shape index (κ3) is 3.34. The molecule has 2 heterocycles. The van der Waals surface area contributed by atoms with Gasteiger partial charge in [0.15, 0.2) is 0 Å². The summed E-state index contributed by atoms with van der Waals surface area (Å²) in [4.78, 5) is 38.9. The number of imide groups is 1. The van der Waals surface area contributed by atoms with Crippen molar-refractivity contribution in [3.63, 3.8) is 0 Å². The monoisotopic (exact) mass is 384 g/mol. The number of ether oxygens (including phenoxy) is 1. The van der Waals surface area contributed by atoms with Crippen molar-refractivity contribution in [1.29, 1.82) is 0 Å². The van der Waals surface area contributed by atoms with E-state index >= 15 is 0 Å². The number of hydrogen-bond donors (Lipinski definition) is 1. The summed E-state index contributed by atoms with van der Waals surface area (Å²) >= 11 is 5.97. The van der Waals surface area contributed by atoms with Gasteiger partial charge in [0.05, 0.1) is 22.9 Å². The van der Waals surface area contributed by atoms with Crippen LogP contribution in [0.3, 0.4) is 0 Å². The highest BCUT2D eigenvalue weighted by molar-refractivity contribution is 6.35. The van der Waals surface area contributed by atoms with Gasteiger partial charge in [-0.05, 0) is 49.2 Å². The second-order valence-electron chi connectivity index (χ2n) is 6.53. The molecule has 3 amide bonds. The molecule has 0 aromatic heterocycles. The van der Waals surface area contributed by atoms with Crippen molar-refractivity contribution in [3.05, 3.63) is 64.2 Å². The first kappa shape index (κ1) is 17.7. The van der Waals surface area contributed by atoms with Crippen molar-refractivity contribution in [3.8, 4) is 0 Å². The fourth-order valence-electron chi connectivity index (χ4n) is 3.35. The number of anilines is 1. The first-order chi connectivity index (χ1) is 13.0. The van der Waals surface area contributed by atoms with Crippen molar-refractivity contribution < 1.29 is 19.1 Å². The smallest absolute Gasteiger partial charge is 0.266 e. The molecule has 138 valence electrons. The molecule has 7 heteroatoms. The molecule has 0 bridgehead atoms. The minimum atomic E-state index is -0.467. The van der Waals surface area contributed by atoms with E-state index in [4.69, 9.17) is 16.3 Å². The number of nitrogens with one attached hydrogen (secondary N) is 1. The van der Waals surface area contributed by atoms with Crippen molar-refractivity contribution in [2.75, 3.05) is 18.1 Å². The summed E-state index contributed by atoms with van der Waals surface area (Å²) in [6.45, 7) is 1.15. The van der Waals surface area contributed by atoms with Gasteiger partial charge in [-0.2, -0.15) is 0 Å². The van der Waals surface area contributed by atoms with Gasteiger partial charge in [-0.1, -0.05) is 17.7 Å². The number of halogens is 1. The van der Waals surface area contributed by atoms with Gasteiger partial charge in [0.2, 0.25) is 0 Å². The van der Waals surface area contributed by atoms with Crippen LogP contribution in [0.2, 0.25) is 5.02 Å². The molecular weight excluding hydrogens is 368 g/mol. The van der Waals surface area contributed by atoms with E-state index in [1.54, 1.807) is 30.3 Å². The van der Waals surface area contributed by atoms with Gasteiger partial charge in [0.25, 0.3) is 17.7 Å². The number of carbonyl (C=O) groups is 3. The topological polar surface area (TPSA) is 75.7 Å². The zero-order valence-corrected chi connectivity index (χ0v) is 15.2. The molecular formula is C20H17ClN2O4. The Morgan fingerprint density at radius 2 is 1.96 bits per heavy atom. The fraction of sp³-hybridized carbons (Fsp3) is 0.250. The molecule has 0 saturated carbocycles. The van der Waals surface area contributed by atoms with E-state index in [0.29, 0.717) is 22.8 Å². The normalized spacial score (nSPS) is 18.7. The molecule has 6 nitrogen and oxygen atoms in total. The predicted octanol–water partition coefficient (Wildman–Crippen LogP) is 3.05. The SMILES string of the molecule is O=C(NC[C@H]1CCCO1)c1ccc2c(c1)C(=O)N(c1cccc(Cl)c1)C2=O. The largest absolute Gasteiger partial charge is 0.376 e. The van der Waals surface area contributed by atoms with Crippen molar-refractivity contribution >= 4 is 35.0 Å². The maximum Gasteiger partial charge on any atom is 0.266 e. The summed E-state index contributed by atoms with van der Waals surface area (Å²) in [5.74, 6) is -1.19. The van der Waals surface area contributed by atoms with E-state index in [0.717, 1.165) is 24.3 Å². The van der Waals surface area contributed by atoms with Crippen molar-refractivity contribution in [2.45, 2.75) is 18.9 Å². The number of nitrogens with zero attached hydrogens (tertiary/aromatic N) is 1. The lowest BCUT2D eigenvalue weighted by molar-refractivity contribution is 0.0857. The van der Waals surface area contributed by atoms with Crippen LogP contribution in [-0.2, 0) is 4.74 Å². The van der Waals surface area contributed by atoms with Crippen LogP contribution in [0.4, 0.5) is 5.69 Å². The average Bonchev–Trinajstić information content (AvgIpc) is 3.27. The highest BCUT2D eigenvalue weighted by atomic mass is 35.5. The van der Waals surface area contributed by atoms with Crippen LogP contribution in [0.5, 0.6) is 0 Å². The average molecular weight is 385 g/mol. The number of carbonyl (C=O) groups excluding carboxylic acids is 3. The second-order valence-corrected chi connectivity index (χ2v) is 6.97. The summed E-state index contributed by atoms with van der Waals surface area (Å²) in [6, 6.07) is 11.1. The summed E-state index contributed by atoms with van der Waals surface area (Å²) in [6.07, 6.45) is 1.95. The van der Waals surface area contributed by atoms with Crippen LogP contribution in [0.15, 0.2) is 42.5 Å². The number of hydrogen-bond acceptors (Lipinski definition) is 4. The first-order valence-electron chi connectivity index (χ1n) is 8.73. The zero-order valence-electron chi connectivity index (χ0n) is 14.4. The summed E-state index contributed by atoms with van der Waals surface area (Å²) < 4.78 is 5.49. The predicted molar refractivity (Wildman–Crippen MR) is 100 cm³/mol. The lowest BCUT2D eigenvalue weighted by Gasteiger charge is -2.13. The van der Waals surface area contributed by atoms with Crippen LogP contribution in [0, 0.1) is 0 Å². The van der Waals surface area contributed by atoms with Crippen LogP contribution in [0.25, 0.3) is 0 Å². The molecule has 0 aliphatic carbocycles. The van der Waals surface area contributed by atoms with Crippen molar-refractivity contribution in [1.82, 2.24) is 5.32 Å². The van der Waals surface area contributed by atoms with Gasteiger partial charge in [-0.15, -0.1) is 0 Å². The summed E-state index contributed by atoms with van der Waals surface area (Å²) in [5, 5.41) is 3.25. The third-order valence-electron chi connectivity index (χ3n) is 4.73. The van der Waals surface area contributed by atoms with Gasteiger partial charge >= 0.3 is 0 Å². The van der Waals surface area contributed by atoms with E-state index in [9.17, 15) is 14.4 Å². The number of amides is 3. The van der Waals surface area contributed by atoms with Crippen LogP contribution < -0.4 is 10.2 Å². The van der Waals surface area contributed by atoms with Crippen molar-refractivity contribution in [2.24, 2.45) is 0 Å². The molecule has 2 aromatic rings. The molecule has 1 N–H and O–H groups in total. The second kappa shape index (κ2) is 7.13. The molecule has 4 rings (SSSR count). The molecule has 2 aliphatic rings. The Morgan fingerprint density at radius 1 is 1.15 bits per heavy atom. The zero-order chi connectivity index (χ0) is 19.0. The van der Waals surface area contributed by atoms with Gasteiger partial charge < -0.3 is 10.1 Å². The Balaban J connectivity index is 1.56. The minimum absolute atomic E-state index is 0.0323. The minimum Gasteiger partial charge on any atom is -0.376 e. The van der Waals surface area contributed by atoms with Crippen LogP contribution >= 0.6 is 11.6 Å². The molecule has 2 aliphatic heterocycles. The highest BCUT2D eigenvalue weighted by Crippen LogP contribution is 2.30. The van der Waals surface area contributed by atoms with Crippen LogP contribution in [-0.4, -0.2) is 37.0 Å². The van der Waals surface area contributed by atoms with Gasteiger partial charge in [-0.3, -0.25) is 14.4 Å². The molecule has 1 saturated heterocycles. The molecule has 0 unspecified atom stereocenters. The van der Waals surface area contributed by atoms with E-state index in [1.807, 2.05) is 0 Å². The Bertz CT molecular complexity index is 937. The van der Waals surface area contributed by atoms with Gasteiger partial charge in [0.1, 0.15) is 0 Å². The van der Waals surface area contributed by atoms with E-state index in [1.165, 1.54) is 12.1 Å². The molecule has 2 aromatic carbocycles. The molecule has 0 radical (unpaired) electrons. The first-order valence-corrected chi connectivity index (χ1v) is 9.10. The Morgan fingerprint density at radius 3 is 2.70 bits per heavy atom. The lowest BCUT2D eigenvalue weighted by atomic mass is 10.1. The molecule has 1 atom stereocenters. The summed E-state index contributed by atoms with van der Waals surface area (Å²) in [7, 11) is 0. The van der Waals surface area contributed by atoms with E-state index in [-0.39, 0.29) is 23.1 Å². The van der Waals surface area contributed by atoms with E-state index in [2.05, 4.69) is 5.32 Å². The maximum atomic E-state index is 12.8.